The molecule has 0 aromatic heterocycles. The first-order valence-electron chi connectivity index (χ1n) is 7.27. The summed E-state index contributed by atoms with van der Waals surface area (Å²) in [5.74, 6) is -0.0698. The number of aliphatic hydroxyl groups excluding tert-OH is 1. The number of thioether (sulfide) groups is 1. The molecule has 0 spiro atoms. The molecule has 0 bridgehead atoms. The third kappa shape index (κ3) is 4.61. The van der Waals surface area contributed by atoms with Gasteiger partial charge in [-0.05, 0) is 24.6 Å². The van der Waals surface area contributed by atoms with E-state index in [2.05, 4.69) is 5.32 Å². The van der Waals surface area contributed by atoms with E-state index in [1.54, 1.807) is 7.05 Å². The van der Waals surface area contributed by atoms with Crippen LogP contribution in [0.4, 0.5) is 0 Å². The van der Waals surface area contributed by atoms with Crippen LogP contribution in [-0.4, -0.2) is 23.3 Å². The molecule has 3 nitrogen and oxygen atoms in total. The van der Waals surface area contributed by atoms with E-state index in [9.17, 15) is 9.90 Å². The molecule has 0 aliphatic carbocycles. The SMILES string of the molecule is CNC(=O)C[C@H](Sc1ccc(C)cc1)[C@@H](O)c1ccccc1. The van der Waals surface area contributed by atoms with Crippen LogP contribution in [0.5, 0.6) is 0 Å². The van der Waals surface area contributed by atoms with Gasteiger partial charge >= 0.3 is 0 Å². The van der Waals surface area contributed by atoms with E-state index in [-0.39, 0.29) is 17.6 Å². The Balaban J connectivity index is 2.18. The van der Waals surface area contributed by atoms with Crippen LogP contribution in [0.25, 0.3) is 0 Å². The van der Waals surface area contributed by atoms with E-state index in [1.165, 1.54) is 17.3 Å². The number of aryl methyl sites for hydroxylation is 1. The van der Waals surface area contributed by atoms with E-state index in [1.807, 2.05) is 61.5 Å². The molecule has 0 heterocycles. The van der Waals surface area contributed by atoms with Crippen molar-refractivity contribution in [2.24, 2.45) is 0 Å². The van der Waals surface area contributed by atoms with Crippen LogP contribution in [0.2, 0.25) is 0 Å². The quantitative estimate of drug-likeness (QED) is 0.804. The highest BCUT2D eigenvalue weighted by Crippen LogP contribution is 2.34. The first kappa shape index (κ1) is 16.6. The van der Waals surface area contributed by atoms with Crippen molar-refractivity contribution in [3.05, 3.63) is 65.7 Å². The van der Waals surface area contributed by atoms with Crippen LogP contribution in [-0.2, 0) is 4.79 Å². The Morgan fingerprint density at radius 1 is 1.14 bits per heavy atom. The Morgan fingerprint density at radius 2 is 1.77 bits per heavy atom. The Morgan fingerprint density at radius 3 is 2.36 bits per heavy atom. The summed E-state index contributed by atoms with van der Waals surface area (Å²) in [6, 6.07) is 17.6. The molecule has 2 atom stereocenters. The van der Waals surface area contributed by atoms with Crippen molar-refractivity contribution in [1.82, 2.24) is 5.32 Å². The lowest BCUT2D eigenvalue weighted by atomic mass is 10.0. The number of rotatable bonds is 6. The standard InChI is InChI=1S/C18H21NO2S/c1-13-8-10-15(11-9-13)22-16(12-17(20)19-2)18(21)14-6-4-3-5-7-14/h3-11,16,18,21H,12H2,1-2H3,(H,19,20)/t16-,18-/m0/s1. The predicted molar refractivity (Wildman–Crippen MR) is 90.9 cm³/mol. The molecule has 0 radical (unpaired) electrons. The van der Waals surface area contributed by atoms with Crippen molar-refractivity contribution in [2.75, 3.05) is 7.05 Å². The monoisotopic (exact) mass is 315 g/mol. The highest BCUT2D eigenvalue weighted by atomic mass is 32.2. The Kier molecular flexibility index (Phi) is 6.04. The highest BCUT2D eigenvalue weighted by molar-refractivity contribution is 8.00. The largest absolute Gasteiger partial charge is 0.387 e. The van der Waals surface area contributed by atoms with Crippen molar-refractivity contribution in [3.63, 3.8) is 0 Å². The average molecular weight is 315 g/mol. The molecule has 1 amide bonds. The normalized spacial score (nSPS) is 13.4. The second kappa shape index (κ2) is 8.01. The minimum Gasteiger partial charge on any atom is -0.387 e. The number of nitrogens with one attached hydrogen (secondary N) is 1. The van der Waals surface area contributed by atoms with Gasteiger partial charge in [-0.3, -0.25) is 4.79 Å². The topological polar surface area (TPSA) is 49.3 Å². The van der Waals surface area contributed by atoms with E-state index in [0.717, 1.165) is 10.5 Å². The van der Waals surface area contributed by atoms with Crippen LogP contribution in [0.15, 0.2) is 59.5 Å². The molecule has 2 aromatic rings. The zero-order valence-electron chi connectivity index (χ0n) is 12.8. The summed E-state index contributed by atoms with van der Waals surface area (Å²) in [5, 5.41) is 13.0. The van der Waals surface area contributed by atoms with Crippen molar-refractivity contribution in [1.29, 1.82) is 0 Å². The van der Waals surface area contributed by atoms with Crippen molar-refractivity contribution >= 4 is 17.7 Å². The molecule has 4 heteroatoms. The lowest BCUT2D eigenvalue weighted by Gasteiger charge is -2.22. The van der Waals surface area contributed by atoms with E-state index in [4.69, 9.17) is 0 Å². The molecule has 0 aliphatic heterocycles. The van der Waals surface area contributed by atoms with Crippen molar-refractivity contribution in [2.45, 2.75) is 29.6 Å². The van der Waals surface area contributed by atoms with E-state index in [0.29, 0.717) is 0 Å². The third-order valence-corrected chi connectivity index (χ3v) is 4.74. The Hall–Kier alpha value is -1.78. The number of benzene rings is 2. The average Bonchev–Trinajstić information content (AvgIpc) is 2.56. The van der Waals surface area contributed by atoms with Gasteiger partial charge < -0.3 is 10.4 Å². The van der Waals surface area contributed by atoms with Crippen LogP contribution >= 0.6 is 11.8 Å². The molecular formula is C18H21NO2S. The first-order chi connectivity index (χ1) is 10.6. The third-order valence-electron chi connectivity index (χ3n) is 3.47. The molecule has 0 fully saturated rings. The van der Waals surface area contributed by atoms with Crippen molar-refractivity contribution in [3.8, 4) is 0 Å². The van der Waals surface area contributed by atoms with Gasteiger partial charge in [0.2, 0.25) is 5.91 Å². The summed E-state index contributed by atoms with van der Waals surface area (Å²) in [4.78, 5) is 12.8. The number of carbonyl (C=O) groups is 1. The van der Waals surface area contributed by atoms with Gasteiger partial charge in [-0.2, -0.15) is 0 Å². The van der Waals surface area contributed by atoms with Gasteiger partial charge in [0, 0.05) is 23.6 Å². The minimum atomic E-state index is -0.690. The van der Waals surface area contributed by atoms with Crippen LogP contribution in [0.1, 0.15) is 23.7 Å². The second-order valence-electron chi connectivity index (χ2n) is 5.20. The van der Waals surface area contributed by atoms with Gasteiger partial charge in [-0.25, -0.2) is 0 Å². The molecule has 2 N–H and O–H groups in total. The number of carbonyl (C=O) groups excluding carboxylic acids is 1. The fourth-order valence-electron chi connectivity index (χ4n) is 2.16. The molecule has 0 aliphatic rings. The van der Waals surface area contributed by atoms with Gasteiger partial charge in [0.1, 0.15) is 0 Å². The summed E-state index contributed by atoms with van der Waals surface area (Å²) in [5.41, 5.74) is 2.02. The van der Waals surface area contributed by atoms with Gasteiger partial charge in [-0.15, -0.1) is 11.8 Å². The maximum Gasteiger partial charge on any atom is 0.220 e. The lowest BCUT2D eigenvalue weighted by Crippen LogP contribution is -2.26. The molecule has 22 heavy (non-hydrogen) atoms. The first-order valence-corrected chi connectivity index (χ1v) is 8.15. The summed E-state index contributed by atoms with van der Waals surface area (Å²) in [6.45, 7) is 2.04. The molecule has 0 saturated heterocycles. The molecule has 0 unspecified atom stereocenters. The fraction of sp³-hybridized carbons (Fsp3) is 0.278. The predicted octanol–water partition coefficient (Wildman–Crippen LogP) is 3.33. The van der Waals surface area contributed by atoms with E-state index >= 15 is 0 Å². The van der Waals surface area contributed by atoms with Gasteiger partial charge in [0.25, 0.3) is 0 Å². The fourth-order valence-corrected chi connectivity index (χ4v) is 3.32. The molecular weight excluding hydrogens is 294 g/mol. The number of hydrogen-bond acceptors (Lipinski definition) is 3. The molecule has 0 saturated carbocycles. The summed E-state index contributed by atoms with van der Waals surface area (Å²) in [6.07, 6.45) is -0.421. The number of hydrogen-bond donors (Lipinski definition) is 2. The maximum atomic E-state index is 11.8. The summed E-state index contributed by atoms with van der Waals surface area (Å²) >= 11 is 1.53. The molecule has 116 valence electrons. The molecule has 2 aromatic carbocycles. The summed E-state index contributed by atoms with van der Waals surface area (Å²) < 4.78 is 0. The van der Waals surface area contributed by atoms with Crippen molar-refractivity contribution < 1.29 is 9.90 Å². The highest BCUT2D eigenvalue weighted by Gasteiger charge is 2.24. The van der Waals surface area contributed by atoms with E-state index < -0.39 is 6.10 Å². The van der Waals surface area contributed by atoms with Gasteiger partial charge in [-0.1, -0.05) is 48.0 Å². The van der Waals surface area contributed by atoms with Gasteiger partial charge in [0.05, 0.1) is 6.10 Å². The Labute approximate surface area is 135 Å². The minimum absolute atomic E-state index is 0.0698. The number of aliphatic hydroxyl groups is 1. The summed E-state index contributed by atoms with van der Waals surface area (Å²) in [7, 11) is 1.62. The second-order valence-corrected chi connectivity index (χ2v) is 6.51. The maximum absolute atomic E-state index is 11.8. The zero-order valence-corrected chi connectivity index (χ0v) is 13.6. The van der Waals surface area contributed by atoms with Crippen LogP contribution in [0.3, 0.4) is 0 Å². The number of amides is 1. The van der Waals surface area contributed by atoms with Crippen LogP contribution in [0, 0.1) is 6.92 Å². The Bertz CT molecular complexity index is 598. The molecule has 2 rings (SSSR count). The zero-order chi connectivity index (χ0) is 15.9. The van der Waals surface area contributed by atoms with Gasteiger partial charge in [0.15, 0.2) is 0 Å². The van der Waals surface area contributed by atoms with Crippen LogP contribution < -0.4 is 5.32 Å². The smallest absolute Gasteiger partial charge is 0.220 e. The lowest BCUT2D eigenvalue weighted by molar-refractivity contribution is -0.121.